The van der Waals surface area contributed by atoms with Gasteiger partial charge in [-0.15, -0.1) is 0 Å². The van der Waals surface area contributed by atoms with Crippen LogP contribution in [0, 0.1) is 23.2 Å². The lowest BCUT2D eigenvalue weighted by Crippen LogP contribution is -2.44. The predicted octanol–water partition coefficient (Wildman–Crippen LogP) is 1.02. The number of hydrogen-bond donors (Lipinski definition) is 1. The van der Waals surface area contributed by atoms with Crippen LogP contribution in [0.25, 0.3) is 0 Å². The second-order valence-electron chi connectivity index (χ2n) is 8.33. The van der Waals surface area contributed by atoms with Gasteiger partial charge in [-0.05, 0) is 50.4 Å². The Morgan fingerprint density at radius 3 is 2.35 bits per heavy atom. The molecule has 7 nitrogen and oxygen atoms in total. The van der Waals surface area contributed by atoms with Gasteiger partial charge in [-0.3, -0.25) is 4.79 Å². The van der Waals surface area contributed by atoms with Gasteiger partial charge in [-0.1, -0.05) is 0 Å². The molecule has 7 heteroatoms. The van der Waals surface area contributed by atoms with Gasteiger partial charge in [0.05, 0.1) is 12.6 Å². The van der Waals surface area contributed by atoms with Gasteiger partial charge >= 0.3 is 6.03 Å². The van der Waals surface area contributed by atoms with E-state index in [1.807, 2.05) is 9.80 Å². The van der Waals surface area contributed by atoms with Crippen LogP contribution in [-0.4, -0.2) is 78.0 Å². The lowest BCUT2D eigenvalue weighted by atomic mass is 10.0. The first-order chi connectivity index (χ1) is 12.7. The van der Waals surface area contributed by atoms with E-state index in [1.54, 1.807) is 4.90 Å². The number of fused-ring (bicyclic) bond motifs is 1. The molecule has 1 N–H and O–H groups in total. The minimum atomic E-state index is -0.239. The third-order valence-electron chi connectivity index (χ3n) is 6.66. The molecule has 0 aromatic heterocycles. The second kappa shape index (κ2) is 7.43. The standard InChI is InChI=1S/C19H29N5O2/c20-10-17-4-3-7-24(17)18(25)11-21-16-8-14-12-23(13-15(14)9-16)19(26)22-5-1-2-6-22/h14-17,21H,1-9,11-13H2/t14-,15+,16?,17?. The third-order valence-corrected chi connectivity index (χ3v) is 6.66. The van der Waals surface area contributed by atoms with E-state index in [-0.39, 0.29) is 18.0 Å². The fraction of sp³-hybridized carbons (Fsp3) is 0.842. The summed E-state index contributed by atoms with van der Waals surface area (Å²) >= 11 is 0. The number of urea groups is 1. The highest BCUT2D eigenvalue weighted by molar-refractivity contribution is 5.79. The van der Waals surface area contributed by atoms with Crippen molar-refractivity contribution in [2.24, 2.45) is 11.8 Å². The molecule has 4 atom stereocenters. The summed E-state index contributed by atoms with van der Waals surface area (Å²) in [5.74, 6) is 1.18. The maximum absolute atomic E-state index is 12.5. The van der Waals surface area contributed by atoms with Crippen molar-refractivity contribution >= 4 is 11.9 Å². The van der Waals surface area contributed by atoms with Crippen LogP contribution >= 0.6 is 0 Å². The highest BCUT2D eigenvalue weighted by Gasteiger charge is 2.43. The van der Waals surface area contributed by atoms with Crippen molar-refractivity contribution in [3.05, 3.63) is 0 Å². The minimum absolute atomic E-state index is 0.0527. The van der Waals surface area contributed by atoms with Gasteiger partial charge in [0, 0.05) is 38.8 Å². The zero-order chi connectivity index (χ0) is 18.1. The van der Waals surface area contributed by atoms with Crippen LogP contribution in [0.3, 0.4) is 0 Å². The molecule has 2 unspecified atom stereocenters. The first-order valence-electron chi connectivity index (χ1n) is 10.1. The first-order valence-corrected chi connectivity index (χ1v) is 10.1. The quantitative estimate of drug-likeness (QED) is 0.816. The average Bonchev–Trinajstić information content (AvgIpc) is 3.42. The van der Waals surface area contributed by atoms with Crippen LogP contribution in [-0.2, 0) is 4.79 Å². The second-order valence-corrected chi connectivity index (χ2v) is 8.33. The molecule has 0 aromatic carbocycles. The molecule has 3 aliphatic heterocycles. The zero-order valence-electron chi connectivity index (χ0n) is 15.4. The summed E-state index contributed by atoms with van der Waals surface area (Å²) in [7, 11) is 0. The number of nitriles is 1. The Bertz CT molecular complexity index is 583. The fourth-order valence-corrected chi connectivity index (χ4v) is 5.26. The number of carbonyl (C=O) groups excluding carboxylic acids is 2. The average molecular weight is 359 g/mol. The van der Waals surface area contributed by atoms with E-state index in [0.717, 1.165) is 64.7 Å². The van der Waals surface area contributed by atoms with Gasteiger partial charge in [0.1, 0.15) is 6.04 Å². The van der Waals surface area contributed by atoms with Gasteiger partial charge in [-0.2, -0.15) is 5.26 Å². The number of rotatable bonds is 3. The van der Waals surface area contributed by atoms with Crippen LogP contribution < -0.4 is 5.32 Å². The highest BCUT2D eigenvalue weighted by atomic mass is 16.2. The summed E-state index contributed by atoms with van der Waals surface area (Å²) in [5.41, 5.74) is 0. The Balaban J connectivity index is 1.22. The first kappa shape index (κ1) is 17.6. The molecule has 0 aromatic rings. The van der Waals surface area contributed by atoms with Gasteiger partial charge in [0.2, 0.25) is 5.91 Å². The Hall–Kier alpha value is -1.81. The van der Waals surface area contributed by atoms with E-state index in [0.29, 0.717) is 31.0 Å². The van der Waals surface area contributed by atoms with Crippen LogP contribution in [0.2, 0.25) is 0 Å². The van der Waals surface area contributed by atoms with E-state index in [2.05, 4.69) is 11.4 Å². The molecule has 3 saturated heterocycles. The van der Waals surface area contributed by atoms with Gasteiger partial charge < -0.3 is 20.0 Å². The van der Waals surface area contributed by atoms with Crippen molar-refractivity contribution < 1.29 is 9.59 Å². The van der Waals surface area contributed by atoms with Gasteiger partial charge in [-0.25, -0.2) is 4.79 Å². The summed E-state index contributed by atoms with van der Waals surface area (Å²) in [4.78, 5) is 30.7. The summed E-state index contributed by atoms with van der Waals surface area (Å²) in [5, 5.41) is 12.5. The molecule has 26 heavy (non-hydrogen) atoms. The molecule has 1 saturated carbocycles. The van der Waals surface area contributed by atoms with E-state index >= 15 is 0 Å². The maximum atomic E-state index is 12.5. The molecule has 3 heterocycles. The largest absolute Gasteiger partial charge is 0.326 e. The number of nitrogens with one attached hydrogen (secondary N) is 1. The molecule has 4 rings (SSSR count). The van der Waals surface area contributed by atoms with Crippen LogP contribution in [0.15, 0.2) is 0 Å². The summed E-state index contributed by atoms with van der Waals surface area (Å²) in [6, 6.07) is 2.58. The maximum Gasteiger partial charge on any atom is 0.320 e. The molecule has 4 fully saturated rings. The van der Waals surface area contributed by atoms with Gasteiger partial charge in [0.15, 0.2) is 0 Å². The van der Waals surface area contributed by atoms with E-state index in [9.17, 15) is 9.59 Å². The Morgan fingerprint density at radius 2 is 1.69 bits per heavy atom. The van der Waals surface area contributed by atoms with Crippen molar-refractivity contribution in [1.82, 2.24) is 20.0 Å². The number of nitrogens with zero attached hydrogens (tertiary/aromatic N) is 4. The highest BCUT2D eigenvalue weighted by Crippen LogP contribution is 2.38. The molecule has 3 amide bonds. The van der Waals surface area contributed by atoms with Crippen molar-refractivity contribution in [3.8, 4) is 6.07 Å². The van der Waals surface area contributed by atoms with Crippen LogP contribution in [0.5, 0.6) is 0 Å². The molecule has 1 aliphatic carbocycles. The Labute approximate surface area is 155 Å². The molecule has 0 spiro atoms. The number of amides is 3. The van der Waals surface area contributed by atoms with Crippen molar-refractivity contribution in [2.45, 2.75) is 50.6 Å². The summed E-state index contributed by atoms with van der Waals surface area (Å²) < 4.78 is 0. The minimum Gasteiger partial charge on any atom is -0.326 e. The molecule has 0 bridgehead atoms. The fourth-order valence-electron chi connectivity index (χ4n) is 5.26. The smallest absolute Gasteiger partial charge is 0.320 e. The van der Waals surface area contributed by atoms with Crippen molar-refractivity contribution in [1.29, 1.82) is 5.26 Å². The number of carbonyl (C=O) groups is 2. The summed E-state index contributed by atoms with van der Waals surface area (Å²) in [6.07, 6.45) is 6.09. The monoisotopic (exact) mass is 359 g/mol. The van der Waals surface area contributed by atoms with Crippen LogP contribution in [0.4, 0.5) is 4.79 Å². The number of hydrogen-bond acceptors (Lipinski definition) is 4. The SMILES string of the molecule is N#CC1CCCN1C(=O)CNC1C[C@@H]2CN(C(=O)N3CCCC3)C[C@@H]2C1. The predicted molar refractivity (Wildman–Crippen MR) is 96.1 cm³/mol. The molecule has 142 valence electrons. The lowest BCUT2D eigenvalue weighted by molar-refractivity contribution is -0.130. The lowest BCUT2D eigenvalue weighted by Gasteiger charge is -2.25. The Kier molecular flexibility index (Phi) is 5.03. The zero-order valence-corrected chi connectivity index (χ0v) is 15.4. The number of likely N-dealkylation sites (tertiary alicyclic amines) is 3. The normalized spacial score (nSPS) is 33.6. The third kappa shape index (κ3) is 3.39. The van der Waals surface area contributed by atoms with E-state index < -0.39 is 0 Å². The van der Waals surface area contributed by atoms with Crippen LogP contribution in [0.1, 0.15) is 38.5 Å². The molecular weight excluding hydrogens is 330 g/mol. The molecule has 0 radical (unpaired) electrons. The van der Waals surface area contributed by atoms with Crippen molar-refractivity contribution in [2.75, 3.05) is 39.3 Å². The Morgan fingerprint density at radius 1 is 1.00 bits per heavy atom. The molecular formula is C19H29N5O2. The topological polar surface area (TPSA) is 79.7 Å². The van der Waals surface area contributed by atoms with Gasteiger partial charge in [0.25, 0.3) is 0 Å². The van der Waals surface area contributed by atoms with E-state index in [4.69, 9.17) is 5.26 Å². The van der Waals surface area contributed by atoms with E-state index in [1.165, 1.54) is 0 Å². The summed E-state index contributed by atoms with van der Waals surface area (Å²) in [6.45, 7) is 4.61. The molecule has 4 aliphatic rings. The van der Waals surface area contributed by atoms with Crippen molar-refractivity contribution in [3.63, 3.8) is 0 Å².